The van der Waals surface area contributed by atoms with E-state index in [1.807, 2.05) is 50.4 Å². The molecule has 2 amide bonds. The lowest BCUT2D eigenvalue weighted by Crippen LogP contribution is -2.43. The molecule has 1 saturated heterocycles. The second-order valence-corrected chi connectivity index (χ2v) is 12.5. The summed E-state index contributed by atoms with van der Waals surface area (Å²) in [5.41, 5.74) is 5.59. The SMILES string of the molecule is C#CC1(OCCC)CC(C=O)N(C(=O)CNC=O)C1.CC1=CC=C=C2Sc3ccccc3OC2=C1.CNCc1cc2cncc(Cl)c2[nH]1. The zero-order valence-electron chi connectivity index (χ0n) is 27.0. The molecule has 2 unspecified atom stereocenters. The first kappa shape index (κ1) is 36.3. The van der Waals surface area contributed by atoms with Crippen LogP contribution in [0.5, 0.6) is 5.75 Å². The summed E-state index contributed by atoms with van der Waals surface area (Å²) in [5.74, 6) is 4.03. The number of hydrogen-bond donors (Lipinski definition) is 3. The average Bonchev–Trinajstić information content (AvgIpc) is 3.64. The number of hydrogen-bond acceptors (Lipinski definition) is 8. The maximum absolute atomic E-state index is 11.9. The summed E-state index contributed by atoms with van der Waals surface area (Å²) >= 11 is 7.66. The van der Waals surface area contributed by atoms with Gasteiger partial charge >= 0.3 is 0 Å². The van der Waals surface area contributed by atoms with Gasteiger partial charge in [-0.05, 0) is 56.3 Å². The zero-order chi connectivity index (χ0) is 34.5. The lowest BCUT2D eigenvalue weighted by atomic mass is 10.0. The van der Waals surface area contributed by atoms with E-state index in [4.69, 9.17) is 27.5 Å². The van der Waals surface area contributed by atoms with Crippen molar-refractivity contribution in [3.63, 3.8) is 0 Å². The smallest absolute Gasteiger partial charge is 0.242 e. The van der Waals surface area contributed by atoms with Gasteiger partial charge < -0.3 is 34.8 Å². The Hall–Kier alpha value is -4.56. The molecule has 1 fully saturated rings. The highest BCUT2D eigenvalue weighted by molar-refractivity contribution is 8.03. The van der Waals surface area contributed by atoms with Crippen LogP contribution in [0.15, 0.2) is 87.8 Å². The van der Waals surface area contributed by atoms with Gasteiger partial charge in [0.25, 0.3) is 0 Å². The van der Waals surface area contributed by atoms with Gasteiger partial charge in [0, 0.05) is 43.0 Å². The molecular weight excluding hydrogens is 650 g/mol. The van der Waals surface area contributed by atoms with Crippen LogP contribution in [0, 0.1) is 12.3 Å². The Morgan fingerprint density at radius 1 is 1.35 bits per heavy atom. The minimum absolute atomic E-state index is 0.151. The molecular formula is C36H38ClN5O5S. The van der Waals surface area contributed by atoms with Crippen LogP contribution in [-0.2, 0) is 25.7 Å². The minimum Gasteiger partial charge on any atom is -0.454 e. The molecule has 0 bridgehead atoms. The zero-order valence-corrected chi connectivity index (χ0v) is 28.6. The Labute approximate surface area is 289 Å². The van der Waals surface area contributed by atoms with E-state index >= 15 is 0 Å². The molecule has 6 rings (SSSR count). The van der Waals surface area contributed by atoms with Gasteiger partial charge in [0.2, 0.25) is 12.3 Å². The van der Waals surface area contributed by atoms with Gasteiger partial charge in [-0.15, -0.1) is 12.2 Å². The van der Waals surface area contributed by atoms with Crippen molar-refractivity contribution >= 4 is 52.9 Å². The number of thioether (sulfide) groups is 1. The number of carbonyl (C=O) groups excluding carboxylic acids is 3. The molecule has 10 nitrogen and oxygen atoms in total. The lowest BCUT2D eigenvalue weighted by molar-refractivity contribution is -0.134. The highest BCUT2D eigenvalue weighted by Crippen LogP contribution is 2.43. The van der Waals surface area contributed by atoms with Crippen LogP contribution in [0.25, 0.3) is 10.9 Å². The molecule has 4 heterocycles. The molecule has 2 atom stereocenters. The number of benzene rings is 1. The Kier molecular flexibility index (Phi) is 13.3. The topological polar surface area (TPSA) is 126 Å². The summed E-state index contributed by atoms with van der Waals surface area (Å²) in [4.78, 5) is 43.9. The molecule has 3 aliphatic rings. The number of halogens is 1. The summed E-state index contributed by atoms with van der Waals surface area (Å²) in [5, 5.41) is 7.07. The number of fused-ring (bicyclic) bond motifs is 3. The predicted octanol–water partition coefficient (Wildman–Crippen LogP) is 5.32. The fourth-order valence-electron chi connectivity index (χ4n) is 5.08. The number of amides is 2. The molecule has 3 N–H and O–H groups in total. The van der Waals surface area contributed by atoms with Crippen molar-refractivity contribution in [1.82, 2.24) is 25.5 Å². The third-order valence-corrected chi connectivity index (χ3v) is 8.73. The second kappa shape index (κ2) is 17.6. The molecule has 2 aromatic heterocycles. The molecule has 3 aromatic rings. The number of rotatable bonds is 9. The molecule has 250 valence electrons. The number of nitrogens with one attached hydrogen (secondary N) is 3. The van der Waals surface area contributed by atoms with Gasteiger partial charge in [-0.25, -0.2) is 0 Å². The third-order valence-electron chi connectivity index (χ3n) is 7.36. The summed E-state index contributed by atoms with van der Waals surface area (Å²) < 4.78 is 11.5. The normalized spacial score (nSPS) is 18.9. The van der Waals surface area contributed by atoms with Crippen molar-refractivity contribution < 1.29 is 23.9 Å². The van der Waals surface area contributed by atoms with E-state index in [1.54, 1.807) is 24.2 Å². The summed E-state index contributed by atoms with van der Waals surface area (Å²) in [6.45, 7) is 5.32. The van der Waals surface area contributed by atoms with Gasteiger partial charge in [-0.3, -0.25) is 14.6 Å². The summed E-state index contributed by atoms with van der Waals surface area (Å²) in [6, 6.07) is 9.52. The average molecular weight is 688 g/mol. The number of nitrogens with zero attached hydrogens (tertiary/aromatic N) is 2. The summed E-state index contributed by atoms with van der Waals surface area (Å²) in [7, 11) is 1.91. The van der Waals surface area contributed by atoms with Crippen LogP contribution in [-0.4, -0.2) is 71.9 Å². The Balaban J connectivity index is 0.000000165. The molecule has 2 aliphatic heterocycles. The highest BCUT2D eigenvalue weighted by Gasteiger charge is 2.45. The number of allylic oxidation sites excluding steroid dienone is 3. The molecule has 48 heavy (non-hydrogen) atoms. The quantitative estimate of drug-likeness (QED) is 0.157. The number of H-pyrrole nitrogens is 1. The van der Waals surface area contributed by atoms with E-state index in [2.05, 4.69) is 51.3 Å². The monoisotopic (exact) mass is 687 g/mol. The fourth-order valence-corrected chi connectivity index (χ4v) is 6.20. The van der Waals surface area contributed by atoms with Gasteiger partial charge in [0.05, 0.1) is 39.5 Å². The first-order chi connectivity index (χ1) is 23.3. The van der Waals surface area contributed by atoms with Gasteiger partial charge in [0.1, 0.15) is 23.4 Å². The van der Waals surface area contributed by atoms with Crippen molar-refractivity contribution in [3.8, 4) is 18.1 Å². The van der Waals surface area contributed by atoms with Crippen molar-refractivity contribution in [2.24, 2.45) is 0 Å². The standard InChI is InChI=1S/C14H10OS.C13H18N2O4.C9H10ClN3/c1-10-5-4-8-14-12(9-10)15-11-6-2-3-7-13(11)16-14;1-3-5-19-13(4-2)6-11(8-16)15(9-13)12(18)7-14-10-17;1-11-4-7-2-6-3-12-5-8(10)9(6)13-7/h2-7,9H,1H3;2,8,10-11H,3,5-7,9H2,1H3,(H,14,17);2-3,5,11,13H,4H2,1H3. The van der Waals surface area contributed by atoms with E-state index in [9.17, 15) is 14.4 Å². The van der Waals surface area contributed by atoms with E-state index in [0.29, 0.717) is 30.7 Å². The first-order valence-corrected chi connectivity index (χ1v) is 16.6. The number of carbonyl (C=O) groups is 3. The van der Waals surface area contributed by atoms with Crippen LogP contribution in [0.4, 0.5) is 0 Å². The van der Waals surface area contributed by atoms with Crippen molar-refractivity contribution in [2.45, 2.75) is 49.8 Å². The van der Waals surface area contributed by atoms with Gasteiger partial charge in [0.15, 0.2) is 0 Å². The number of aldehydes is 1. The van der Waals surface area contributed by atoms with E-state index in [1.165, 1.54) is 10.5 Å². The Morgan fingerprint density at radius 2 is 2.17 bits per heavy atom. The number of ether oxygens (including phenoxy) is 2. The van der Waals surface area contributed by atoms with E-state index < -0.39 is 11.6 Å². The molecule has 0 saturated carbocycles. The molecule has 0 spiro atoms. The second-order valence-electron chi connectivity index (χ2n) is 11.0. The number of aromatic nitrogens is 2. The van der Waals surface area contributed by atoms with Gasteiger partial charge in [-0.1, -0.05) is 54.4 Å². The van der Waals surface area contributed by atoms with Crippen LogP contribution in [0.3, 0.4) is 0 Å². The van der Waals surface area contributed by atoms with Gasteiger partial charge in [-0.2, -0.15) is 0 Å². The van der Waals surface area contributed by atoms with Crippen LogP contribution in [0.1, 0.15) is 32.4 Å². The summed E-state index contributed by atoms with van der Waals surface area (Å²) in [6.07, 6.45) is 17.2. The Morgan fingerprint density at radius 3 is 2.88 bits per heavy atom. The third kappa shape index (κ3) is 9.28. The lowest BCUT2D eigenvalue weighted by Gasteiger charge is -2.24. The van der Waals surface area contributed by atoms with Crippen molar-refractivity contribution in [1.29, 1.82) is 0 Å². The number of pyridine rings is 1. The molecule has 12 heteroatoms. The molecule has 1 aromatic carbocycles. The van der Waals surface area contributed by atoms with Crippen molar-refractivity contribution in [2.75, 3.05) is 26.7 Å². The molecule has 1 aliphatic carbocycles. The van der Waals surface area contributed by atoms with Crippen LogP contribution < -0.4 is 15.4 Å². The maximum Gasteiger partial charge on any atom is 0.242 e. The van der Waals surface area contributed by atoms with Crippen LogP contribution in [0.2, 0.25) is 5.02 Å². The van der Waals surface area contributed by atoms with E-state index in [-0.39, 0.29) is 19.0 Å². The van der Waals surface area contributed by atoms with Crippen molar-refractivity contribution in [3.05, 3.63) is 93.6 Å². The first-order valence-electron chi connectivity index (χ1n) is 15.4. The number of para-hydroxylation sites is 1. The number of likely N-dealkylation sites (tertiary alicyclic amines) is 1. The highest BCUT2D eigenvalue weighted by atomic mass is 35.5. The minimum atomic E-state index is -0.904. The Bertz CT molecular complexity index is 1810. The number of terminal acetylenes is 1. The predicted molar refractivity (Wildman–Crippen MR) is 188 cm³/mol. The maximum atomic E-state index is 11.9. The largest absolute Gasteiger partial charge is 0.454 e. The molecule has 0 radical (unpaired) electrons. The fraction of sp³-hybridized carbons (Fsp3) is 0.306. The number of aromatic amines is 1. The van der Waals surface area contributed by atoms with E-state index in [0.717, 1.165) is 50.9 Å². The van der Waals surface area contributed by atoms with Crippen LogP contribution >= 0.6 is 23.4 Å².